The van der Waals surface area contributed by atoms with Crippen LogP contribution in [0, 0.1) is 40.9 Å². The van der Waals surface area contributed by atoms with Gasteiger partial charge in [0.25, 0.3) is 0 Å². The highest BCUT2D eigenvalue weighted by molar-refractivity contribution is 7.96. The highest BCUT2D eigenvalue weighted by Crippen LogP contribution is 2.45. The van der Waals surface area contributed by atoms with Gasteiger partial charge in [-0.15, -0.1) is 0 Å². The van der Waals surface area contributed by atoms with E-state index in [0.29, 0.717) is 17.4 Å². The van der Waals surface area contributed by atoms with Crippen LogP contribution in [0.15, 0.2) is 22.9 Å². The monoisotopic (exact) mass is 655 g/mol. The third-order valence-electron chi connectivity index (χ3n) is 10.4. The first-order valence-electron chi connectivity index (χ1n) is 15.6. The lowest BCUT2D eigenvalue weighted by Gasteiger charge is -2.49. The van der Waals surface area contributed by atoms with Crippen LogP contribution in [0.5, 0.6) is 0 Å². The molecule has 0 aromatic rings. The van der Waals surface area contributed by atoms with E-state index in [4.69, 9.17) is 11.6 Å². The van der Waals surface area contributed by atoms with Gasteiger partial charge in [0.1, 0.15) is 0 Å². The molecule has 3 aliphatic carbocycles. The topological polar surface area (TPSA) is 185 Å². The molecule has 4 unspecified atom stereocenters. The highest BCUT2D eigenvalue weighted by atomic mass is 35.5. The van der Waals surface area contributed by atoms with Crippen LogP contribution in [0.2, 0.25) is 0 Å². The Morgan fingerprint density at radius 3 is 2.30 bits per heavy atom. The van der Waals surface area contributed by atoms with Crippen molar-refractivity contribution in [1.82, 2.24) is 14.9 Å². The molecule has 0 aromatic carbocycles. The lowest BCUT2D eigenvalue weighted by Crippen LogP contribution is -2.53. The summed E-state index contributed by atoms with van der Waals surface area (Å²) in [7, 11) is 0. The average molecular weight is 656 g/mol. The molecule has 1 aliphatic heterocycles. The van der Waals surface area contributed by atoms with Gasteiger partial charge in [-0.05, 0) is 112 Å². The van der Waals surface area contributed by atoms with Gasteiger partial charge in [0.15, 0.2) is 0 Å². The average Bonchev–Trinajstić information content (AvgIpc) is 2.87. The van der Waals surface area contributed by atoms with Gasteiger partial charge < -0.3 is 42.3 Å². The van der Waals surface area contributed by atoms with E-state index in [-0.39, 0.29) is 34.8 Å². The Hall–Kier alpha value is -0.360. The van der Waals surface area contributed by atoms with Crippen molar-refractivity contribution < 1.29 is 27.4 Å². The van der Waals surface area contributed by atoms with Gasteiger partial charge in [-0.1, -0.05) is 77.2 Å². The molecule has 0 spiro atoms. The maximum Gasteiger partial charge on any atom is 0.0218 e. The molecule has 8 nitrogen and oxygen atoms in total. The minimum absolute atomic E-state index is 0. The van der Waals surface area contributed by atoms with Gasteiger partial charge in [0, 0.05) is 42.0 Å². The van der Waals surface area contributed by atoms with Crippen LogP contribution < -0.4 is 10.0 Å². The van der Waals surface area contributed by atoms with Crippen molar-refractivity contribution in [3.8, 4) is 0 Å². The second-order valence-corrected chi connectivity index (χ2v) is 15.0. The molecule has 4 rings (SSSR count). The second kappa shape index (κ2) is 22.2. The lowest BCUT2D eigenvalue weighted by molar-refractivity contribution is 0.0114. The molecule has 43 heavy (non-hydrogen) atoms. The zero-order valence-electron chi connectivity index (χ0n) is 27.0. The smallest absolute Gasteiger partial charge is 0.0218 e. The molecule has 4 aliphatic rings. The number of allylic oxidation sites excluding steroid dienone is 4. The van der Waals surface area contributed by atoms with Crippen molar-refractivity contribution in [2.75, 3.05) is 32.4 Å². The predicted molar refractivity (Wildman–Crippen MR) is 189 cm³/mol. The number of halogens is 1. The number of piperidine rings is 1. The predicted octanol–water partition coefficient (Wildman–Crippen LogP) is 4.74. The van der Waals surface area contributed by atoms with Gasteiger partial charge in [0.2, 0.25) is 0 Å². The number of hydrogen-bond acceptors (Lipinski definition) is 4. The summed E-state index contributed by atoms with van der Waals surface area (Å²) in [6.07, 6.45) is 21.6. The van der Waals surface area contributed by atoms with E-state index in [2.05, 4.69) is 61.0 Å². The van der Waals surface area contributed by atoms with Crippen molar-refractivity contribution >= 4 is 23.5 Å². The number of likely N-dealkylation sites (tertiary alicyclic amines) is 1. The third-order valence-corrected chi connectivity index (χ3v) is 11.2. The first-order valence-corrected chi connectivity index (χ1v) is 17.2. The van der Waals surface area contributed by atoms with E-state index in [1.165, 1.54) is 96.1 Å². The lowest BCUT2D eigenvalue weighted by atomic mass is 9.65. The van der Waals surface area contributed by atoms with Gasteiger partial charge in [-0.2, -0.15) is 0 Å². The van der Waals surface area contributed by atoms with Crippen molar-refractivity contribution in [3.63, 3.8) is 0 Å². The molecule has 1 saturated heterocycles. The van der Waals surface area contributed by atoms with Crippen LogP contribution >= 0.6 is 23.5 Å². The summed E-state index contributed by atoms with van der Waals surface area (Å²) in [5, 5.41) is 5.20. The molecule has 0 radical (unpaired) electrons. The van der Waals surface area contributed by atoms with Crippen molar-refractivity contribution in [2.45, 2.75) is 112 Å². The molecular formula is C33H70ClN3O5S. The van der Waals surface area contributed by atoms with Crippen LogP contribution in [0.4, 0.5) is 0 Å². The van der Waals surface area contributed by atoms with Crippen molar-refractivity contribution in [2.24, 2.45) is 40.9 Å². The zero-order chi connectivity index (χ0) is 26.4. The Kier molecular flexibility index (Phi) is 24.3. The number of hydrogen-bond donors (Lipinski definition) is 2. The Bertz CT molecular complexity index is 800. The molecule has 12 N–H and O–H groups in total. The first kappa shape index (κ1) is 47.1. The van der Waals surface area contributed by atoms with E-state index in [1.54, 1.807) is 11.9 Å². The molecule has 6 atom stereocenters. The maximum absolute atomic E-state index is 6.29. The molecule has 2 fully saturated rings. The summed E-state index contributed by atoms with van der Waals surface area (Å²) in [6, 6.07) is 0.590. The SMILES string of the molecule is C.CSNC1=CCCCC1C1CCCC(CN[C@@H](CN2CC[C@H](C3CC=C(Cl)CC3)C(C)(C)C2)C(C)C)C1.O.O.O.O.O. The van der Waals surface area contributed by atoms with Crippen LogP contribution in [-0.2, 0) is 0 Å². The van der Waals surface area contributed by atoms with E-state index in [0.717, 1.165) is 41.0 Å². The van der Waals surface area contributed by atoms with Gasteiger partial charge >= 0.3 is 0 Å². The minimum Gasteiger partial charge on any atom is -0.412 e. The van der Waals surface area contributed by atoms with Gasteiger partial charge in [-0.3, -0.25) is 0 Å². The largest absolute Gasteiger partial charge is 0.412 e. The fourth-order valence-electron chi connectivity index (χ4n) is 8.32. The Morgan fingerprint density at radius 1 is 0.977 bits per heavy atom. The normalized spacial score (nSPS) is 29.3. The Balaban J connectivity index is -0.00000267. The Morgan fingerprint density at radius 2 is 1.70 bits per heavy atom. The van der Waals surface area contributed by atoms with E-state index < -0.39 is 0 Å². The maximum atomic E-state index is 6.29. The van der Waals surface area contributed by atoms with Crippen LogP contribution in [0.3, 0.4) is 0 Å². The minimum atomic E-state index is 0. The van der Waals surface area contributed by atoms with Gasteiger partial charge in [-0.25, -0.2) is 0 Å². The van der Waals surface area contributed by atoms with Gasteiger partial charge in [0.05, 0.1) is 0 Å². The summed E-state index contributed by atoms with van der Waals surface area (Å²) < 4.78 is 3.64. The first-order chi connectivity index (χ1) is 17.8. The summed E-state index contributed by atoms with van der Waals surface area (Å²) in [4.78, 5) is 2.79. The van der Waals surface area contributed by atoms with Crippen molar-refractivity contribution in [1.29, 1.82) is 0 Å². The summed E-state index contributed by atoms with van der Waals surface area (Å²) in [6.45, 7) is 14.8. The zero-order valence-corrected chi connectivity index (χ0v) is 28.6. The molecule has 10 heteroatoms. The standard InChI is InChI=1S/C32H56ClN3S.CH4.5H2O/c1-23(2)31(21-36-18-17-29(32(3,4)22-36)25-13-15-27(33)16-14-25)34-20-24-9-8-10-26(19-24)28-11-6-7-12-30(28)35-37-5;;;;;;/h12,15,23-26,28-29,31,34-35H,6-11,13-14,16-22H2,1-5H3;1H4;5*1H2/t24?,25?,26?,28?,29-,31+;;;;;;/m1....../s1. The molecular weight excluding hydrogens is 586 g/mol. The number of rotatable bonds is 10. The molecule has 0 aromatic heterocycles. The fraction of sp³-hybridized carbons (Fsp3) is 0.879. The molecule has 1 saturated carbocycles. The number of nitrogens with zero attached hydrogens (tertiary/aromatic N) is 1. The Labute approximate surface area is 273 Å². The molecule has 0 amide bonds. The highest BCUT2D eigenvalue weighted by Gasteiger charge is 2.41. The summed E-state index contributed by atoms with van der Waals surface area (Å²) >= 11 is 8.07. The van der Waals surface area contributed by atoms with E-state index in [9.17, 15) is 0 Å². The van der Waals surface area contributed by atoms with E-state index in [1.807, 2.05) is 0 Å². The van der Waals surface area contributed by atoms with Crippen LogP contribution in [0.1, 0.15) is 106 Å². The van der Waals surface area contributed by atoms with Crippen LogP contribution in [-0.4, -0.2) is 70.8 Å². The molecule has 260 valence electrons. The number of nitrogens with one attached hydrogen (secondary N) is 2. The summed E-state index contributed by atoms with van der Waals surface area (Å²) in [5.41, 5.74) is 1.92. The fourth-order valence-corrected chi connectivity index (χ4v) is 8.99. The van der Waals surface area contributed by atoms with E-state index >= 15 is 0 Å². The van der Waals surface area contributed by atoms with Crippen molar-refractivity contribution in [3.05, 3.63) is 22.9 Å². The molecule has 0 bridgehead atoms. The summed E-state index contributed by atoms with van der Waals surface area (Å²) in [5.74, 6) is 4.80. The van der Waals surface area contributed by atoms with Crippen LogP contribution in [0.25, 0.3) is 0 Å². The second-order valence-electron chi connectivity index (χ2n) is 13.9. The third kappa shape index (κ3) is 13.1. The molecule has 1 heterocycles. The quantitative estimate of drug-likeness (QED) is 0.322.